The van der Waals surface area contributed by atoms with Crippen molar-refractivity contribution in [3.05, 3.63) is 23.8 Å². The van der Waals surface area contributed by atoms with E-state index in [0.717, 1.165) is 0 Å². The van der Waals surface area contributed by atoms with E-state index in [1.54, 1.807) is 12.1 Å². The van der Waals surface area contributed by atoms with Crippen LogP contribution in [0.4, 0.5) is 5.69 Å². The Hall–Kier alpha value is -2.24. The topological polar surface area (TPSA) is 98.6 Å². The molecule has 0 aliphatic heterocycles. The minimum Gasteiger partial charge on any atom is -0.495 e. The maximum atomic E-state index is 12.3. The molecule has 0 saturated carbocycles. The molecule has 4 N–H and O–H groups in total. The lowest BCUT2D eigenvalue weighted by molar-refractivity contribution is -0.119. The lowest BCUT2D eigenvalue weighted by Crippen LogP contribution is -2.42. The van der Waals surface area contributed by atoms with E-state index in [2.05, 4.69) is 0 Å². The van der Waals surface area contributed by atoms with Gasteiger partial charge in [-0.05, 0) is 32.0 Å². The van der Waals surface area contributed by atoms with Crippen molar-refractivity contribution in [2.75, 3.05) is 19.4 Å². The van der Waals surface area contributed by atoms with E-state index in [-0.39, 0.29) is 18.5 Å². The zero-order valence-corrected chi connectivity index (χ0v) is 11.3. The first kappa shape index (κ1) is 14.8. The number of carbonyl (C=O) groups is 2. The summed E-state index contributed by atoms with van der Waals surface area (Å²) in [5, 5.41) is 0. The number of hydrogen-bond acceptors (Lipinski definition) is 4. The van der Waals surface area contributed by atoms with E-state index in [1.165, 1.54) is 18.1 Å². The number of rotatable bonds is 5. The average molecular weight is 265 g/mol. The van der Waals surface area contributed by atoms with E-state index in [9.17, 15) is 9.59 Å². The molecule has 0 aliphatic carbocycles. The molecule has 0 radical (unpaired) electrons. The van der Waals surface area contributed by atoms with E-state index in [0.29, 0.717) is 17.0 Å². The molecular formula is C13H19N3O3. The number of amides is 2. The third kappa shape index (κ3) is 3.61. The molecular weight excluding hydrogens is 246 g/mol. The first-order chi connectivity index (χ1) is 8.86. The number of benzene rings is 1. The molecule has 0 saturated heterocycles. The highest BCUT2D eigenvalue weighted by Gasteiger charge is 2.21. The van der Waals surface area contributed by atoms with Gasteiger partial charge in [0.1, 0.15) is 5.75 Å². The molecule has 1 aromatic carbocycles. The highest BCUT2D eigenvalue weighted by Crippen LogP contribution is 2.23. The summed E-state index contributed by atoms with van der Waals surface area (Å²) in [4.78, 5) is 24.7. The molecule has 0 unspecified atom stereocenters. The Bertz CT molecular complexity index is 486. The average Bonchev–Trinajstić information content (AvgIpc) is 2.34. The maximum Gasteiger partial charge on any atom is 0.254 e. The summed E-state index contributed by atoms with van der Waals surface area (Å²) in [5.41, 5.74) is 11.7. The molecule has 1 aromatic rings. The van der Waals surface area contributed by atoms with Crippen molar-refractivity contribution in [3.63, 3.8) is 0 Å². The second-order valence-corrected chi connectivity index (χ2v) is 4.45. The van der Waals surface area contributed by atoms with E-state index in [4.69, 9.17) is 16.2 Å². The van der Waals surface area contributed by atoms with Crippen LogP contribution in [0.5, 0.6) is 5.75 Å². The number of primary amides is 1. The molecule has 0 aromatic heterocycles. The molecule has 104 valence electrons. The van der Waals surface area contributed by atoms with Crippen molar-refractivity contribution in [2.24, 2.45) is 5.73 Å². The lowest BCUT2D eigenvalue weighted by atomic mass is 10.1. The van der Waals surface area contributed by atoms with Crippen LogP contribution in [0, 0.1) is 0 Å². The third-order valence-electron chi connectivity index (χ3n) is 2.69. The highest BCUT2D eigenvalue weighted by molar-refractivity contribution is 5.97. The van der Waals surface area contributed by atoms with Gasteiger partial charge in [-0.1, -0.05) is 0 Å². The molecule has 1 rings (SSSR count). The smallest absolute Gasteiger partial charge is 0.254 e. The second kappa shape index (κ2) is 6.08. The summed E-state index contributed by atoms with van der Waals surface area (Å²) < 4.78 is 5.03. The van der Waals surface area contributed by atoms with Crippen LogP contribution in [0.25, 0.3) is 0 Å². The Labute approximate surface area is 112 Å². The second-order valence-electron chi connectivity index (χ2n) is 4.45. The predicted octanol–water partition coefficient (Wildman–Crippen LogP) is 0.613. The standard InChI is InChI=1S/C13H19N3O3/c1-8(2)16(7-12(15)17)13(18)9-4-5-11(19-3)10(14)6-9/h4-6,8H,7,14H2,1-3H3,(H2,15,17). The van der Waals surface area contributed by atoms with Crippen LogP contribution < -0.4 is 16.2 Å². The Morgan fingerprint density at radius 1 is 1.37 bits per heavy atom. The number of ether oxygens (including phenoxy) is 1. The van der Waals surface area contributed by atoms with Crippen LogP contribution in [0.2, 0.25) is 0 Å². The van der Waals surface area contributed by atoms with Gasteiger partial charge in [-0.25, -0.2) is 0 Å². The van der Waals surface area contributed by atoms with Gasteiger partial charge in [0.25, 0.3) is 5.91 Å². The first-order valence-corrected chi connectivity index (χ1v) is 5.89. The molecule has 6 nitrogen and oxygen atoms in total. The van der Waals surface area contributed by atoms with E-state index in [1.807, 2.05) is 13.8 Å². The molecule has 6 heteroatoms. The first-order valence-electron chi connectivity index (χ1n) is 5.89. The molecule has 0 bridgehead atoms. The van der Waals surface area contributed by atoms with Crippen molar-refractivity contribution in [1.29, 1.82) is 0 Å². The van der Waals surface area contributed by atoms with Crippen LogP contribution >= 0.6 is 0 Å². The lowest BCUT2D eigenvalue weighted by Gasteiger charge is -2.25. The largest absolute Gasteiger partial charge is 0.495 e. The number of hydrogen-bond donors (Lipinski definition) is 2. The van der Waals surface area contributed by atoms with Crippen molar-refractivity contribution in [2.45, 2.75) is 19.9 Å². The van der Waals surface area contributed by atoms with Gasteiger partial charge in [-0.2, -0.15) is 0 Å². The van der Waals surface area contributed by atoms with Gasteiger partial charge < -0.3 is 21.1 Å². The Morgan fingerprint density at radius 2 is 2.00 bits per heavy atom. The molecule has 19 heavy (non-hydrogen) atoms. The summed E-state index contributed by atoms with van der Waals surface area (Å²) in [6.07, 6.45) is 0. The van der Waals surface area contributed by atoms with Crippen molar-refractivity contribution >= 4 is 17.5 Å². The molecule has 2 amide bonds. The number of nitrogens with two attached hydrogens (primary N) is 2. The van der Waals surface area contributed by atoms with Crippen molar-refractivity contribution in [1.82, 2.24) is 4.90 Å². The zero-order valence-electron chi connectivity index (χ0n) is 11.3. The van der Waals surface area contributed by atoms with Crippen LogP contribution in [-0.4, -0.2) is 36.4 Å². The fraction of sp³-hybridized carbons (Fsp3) is 0.385. The number of methoxy groups -OCH3 is 1. The van der Waals surface area contributed by atoms with Crippen LogP contribution in [-0.2, 0) is 4.79 Å². The van der Waals surface area contributed by atoms with Gasteiger partial charge in [0.15, 0.2) is 0 Å². The van der Waals surface area contributed by atoms with E-state index >= 15 is 0 Å². The van der Waals surface area contributed by atoms with Gasteiger partial charge >= 0.3 is 0 Å². The van der Waals surface area contributed by atoms with Gasteiger partial charge in [0.2, 0.25) is 5.91 Å². The minimum absolute atomic E-state index is 0.123. The Kier molecular flexibility index (Phi) is 4.74. The normalized spacial score (nSPS) is 10.3. The van der Waals surface area contributed by atoms with Crippen molar-refractivity contribution in [3.8, 4) is 5.75 Å². The molecule has 0 heterocycles. The SMILES string of the molecule is COc1ccc(C(=O)N(CC(N)=O)C(C)C)cc1N. The molecule has 0 fully saturated rings. The predicted molar refractivity (Wildman–Crippen MR) is 72.8 cm³/mol. The maximum absolute atomic E-state index is 12.3. The summed E-state index contributed by atoms with van der Waals surface area (Å²) in [5.74, 6) is -0.339. The summed E-state index contributed by atoms with van der Waals surface area (Å²) in [6, 6.07) is 4.61. The Morgan fingerprint density at radius 3 is 2.42 bits per heavy atom. The van der Waals surface area contributed by atoms with Crippen molar-refractivity contribution < 1.29 is 14.3 Å². The number of nitrogen functional groups attached to an aromatic ring is 1. The monoisotopic (exact) mass is 265 g/mol. The quantitative estimate of drug-likeness (QED) is 0.762. The van der Waals surface area contributed by atoms with Crippen LogP contribution in [0.1, 0.15) is 24.2 Å². The molecule has 0 aliphatic rings. The third-order valence-corrected chi connectivity index (χ3v) is 2.69. The summed E-state index contributed by atoms with van der Waals surface area (Å²) in [6.45, 7) is 3.50. The Balaban J connectivity index is 3.03. The van der Waals surface area contributed by atoms with Gasteiger partial charge in [-0.3, -0.25) is 9.59 Å². The van der Waals surface area contributed by atoms with Gasteiger partial charge in [-0.15, -0.1) is 0 Å². The zero-order chi connectivity index (χ0) is 14.6. The van der Waals surface area contributed by atoms with Gasteiger partial charge in [0, 0.05) is 11.6 Å². The highest BCUT2D eigenvalue weighted by atomic mass is 16.5. The fourth-order valence-electron chi connectivity index (χ4n) is 1.69. The summed E-state index contributed by atoms with van der Waals surface area (Å²) >= 11 is 0. The fourth-order valence-corrected chi connectivity index (χ4v) is 1.69. The number of carbonyl (C=O) groups excluding carboxylic acids is 2. The number of nitrogens with zero attached hydrogens (tertiary/aromatic N) is 1. The van der Waals surface area contributed by atoms with E-state index < -0.39 is 5.91 Å². The van der Waals surface area contributed by atoms with Crippen LogP contribution in [0.15, 0.2) is 18.2 Å². The van der Waals surface area contributed by atoms with Crippen LogP contribution in [0.3, 0.4) is 0 Å². The molecule has 0 spiro atoms. The van der Waals surface area contributed by atoms with Gasteiger partial charge in [0.05, 0.1) is 19.3 Å². The number of anilines is 1. The minimum atomic E-state index is -0.552. The molecule has 0 atom stereocenters. The summed E-state index contributed by atoms with van der Waals surface area (Å²) in [7, 11) is 1.50.